The van der Waals surface area contributed by atoms with Crippen molar-refractivity contribution < 1.29 is 40.8 Å². The number of hydrogen-bond donors (Lipinski definition) is 5. The zero-order valence-electron chi connectivity index (χ0n) is 37.3. The van der Waals surface area contributed by atoms with Gasteiger partial charge in [0.2, 0.25) is 31.9 Å². The highest BCUT2D eigenvalue weighted by atomic mass is 32.2. The highest BCUT2D eigenvalue weighted by Gasteiger charge is 2.23. The fourth-order valence-electron chi connectivity index (χ4n) is 7.47. The number of fused-ring (bicyclic) bond motifs is 1. The first kappa shape index (κ1) is 49.6. The normalized spacial score (nSPS) is 11.7. The van der Waals surface area contributed by atoms with Crippen molar-refractivity contribution in [3.8, 4) is 0 Å². The maximum atomic E-state index is 13.9. The van der Waals surface area contributed by atoms with Crippen molar-refractivity contribution in [2.24, 2.45) is 0 Å². The van der Waals surface area contributed by atoms with E-state index in [1.807, 2.05) is 70.1 Å². The lowest BCUT2D eigenvalue weighted by atomic mass is 10.0. The first-order valence-corrected chi connectivity index (χ1v) is 25.1. The van der Waals surface area contributed by atoms with Crippen LogP contribution in [0.3, 0.4) is 0 Å². The van der Waals surface area contributed by atoms with Crippen LogP contribution in [0.15, 0.2) is 97.1 Å². The minimum atomic E-state index is -3.71. The molecule has 65 heavy (non-hydrogen) atoms. The fourth-order valence-corrected chi connectivity index (χ4v) is 8.44. The van der Waals surface area contributed by atoms with E-state index in [0.717, 1.165) is 61.3 Å². The van der Waals surface area contributed by atoms with Gasteiger partial charge in [0, 0.05) is 73.3 Å². The van der Waals surface area contributed by atoms with Crippen LogP contribution in [0, 0.1) is 0 Å². The van der Waals surface area contributed by atoms with Crippen LogP contribution in [0.25, 0.3) is 10.9 Å². The zero-order chi connectivity index (χ0) is 47.3. The molecule has 0 aliphatic heterocycles. The lowest BCUT2D eigenvalue weighted by Crippen LogP contribution is -2.41. The Kier molecular flexibility index (Phi) is 17.2. The minimum Gasteiger partial charge on any atom is -0.344 e. The van der Waals surface area contributed by atoms with Gasteiger partial charge in [0.15, 0.2) is 0 Å². The molecular weight excluding hydrogens is 871 g/mol. The maximum Gasteiger partial charge on any atom is 0.264 e. The molecule has 5 amide bonds. The second-order valence-electron chi connectivity index (χ2n) is 16.0. The quantitative estimate of drug-likeness (QED) is 0.0558. The summed E-state index contributed by atoms with van der Waals surface area (Å²) < 4.78 is 49.3. The van der Waals surface area contributed by atoms with E-state index in [1.54, 1.807) is 43.4 Å². The summed E-state index contributed by atoms with van der Waals surface area (Å²) in [6, 6.07) is 29.1. The Hall–Kier alpha value is -6.37. The molecule has 4 aromatic carbocycles. The Labute approximate surface area is 380 Å². The zero-order valence-corrected chi connectivity index (χ0v) is 38.9. The third kappa shape index (κ3) is 15.1. The SMILES string of the molecule is CCC(CC)N(CCN(C)C(=O)CCC(=O)NS(C)(=O)=O)Cc1cccc(C(=O)Nc2[nH]c3ccccc3c2C(=O)Nc2ccc(CCCc3ccc(C(=O)NS(C)(=O)=O)cc3)cc2)c1. The van der Waals surface area contributed by atoms with Gasteiger partial charge in [-0.25, -0.2) is 21.6 Å². The first-order chi connectivity index (χ1) is 30.8. The van der Waals surface area contributed by atoms with E-state index in [2.05, 4.69) is 34.4 Å². The van der Waals surface area contributed by atoms with Crippen molar-refractivity contribution in [2.75, 3.05) is 43.3 Å². The molecule has 0 radical (unpaired) electrons. The number of carbonyl (C=O) groups is 5. The topological polar surface area (TPSA) is 224 Å². The van der Waals surface area contributed by atoms with Gasteiger partial charge in [-0.1, -0.05) is 68.4 Å². The maximum absolute atomic E-state index is 13.9. The van der Waals surface area contributed by atoms with E-state index in [1.165, 1.54) is 4.90 Å². The molecule has 346 valence electrons. The lowest BCUT2D eigenvalue weighted by molar-refractivity contribution is -0.132. The number of H-pyrrole nitrogens is 1. The van der Waals surface area contributed by atoms with Crippen LogP contribution >= 0.6 is 0 Å². The highest BCUT2D eigenvalue weighted by Crippen LogP contribution is 2.28. The lowest BCUT2D eigenvalue weighted by Gasteiger charge is -2.32. The smallest absolute Gasteiger partial charge is 0.264 e. The fraction of sp³-hybridized carbons (Fsp3) is 0.340. The number of aromatic nitrogens is 1. The largest absolute Gasteiger partial charge is 0.344 e. The van der Waals surface area contributed by atoms with Crippen LogP contribution in [0.4, 0.5) is 11.5 Å². The van der Waals surface area contributed by atoms with Crippen molar-refractivity contribution in [1.82, 2.24) is 24.2 Å². The molecule has 0 aliphatic rings. The summed E-state index contributed by atoms with van der Waals surface area (Å²) >= 11 is 0. The predicted molar refractivity (Wildman–Crippen MR) is 253 cm³/mol. The Morgan fingerprint density at radius 1 is 0.646 bits per heavy atom. The molecule has 1 heterocycles. The van der Waals surface area contributed by atoms with Crippen molar-refractivity contribution >= 4 is 72.0 Å². The van der Waals surface area contributed by atoms with Gasteiger partial charge in [0.1, 0.15) is 5.82 Å². The van der Waals surface area contributed by atoms with E-state index in [9.17, 15) is 40.8 Å². The summed E-state index contributed by atoms with van der Waals surface area (Å²) in [5.41, 5.74) is 5.12. The highest BCUT2D eigenvalue weighted by molar-refractivity contribution is 7.89. The summed E-state index contributed by atoms with van der Waals surface area (Å²) in [5.74, 6) is -2.26. The van der Waals surface area contributed by atoms with Gasteiger partial charge in [-0.3, -0.25) is 33.6 Å². The Morgan fingerprint density at radius 2 is 1.28 bits per heavy atom. The number of amides is 5. The Morgan fingerprint density at radius 3 is 1.91 bits per heavy atom. The number of likely N-dealkylation sites (N-methyl/N-ethyl adjacent to an activating group) is 1. The van der Waals surface area contributed by atoms with Crippen molar-refractivity contribution in [1.29, 1.82) is 0 Å². The predicted octanol–water partition coefficient (Wildman–Crippen LogP) is 5.84. The number of benzene rings is 4. The average Bonchev–Trinajstić information content (AvgIpc) is 3.62. The van der Waals surface area contributed by atoms with Crippen LogP contribution in [0.2, 0.25) is 0 Å². The molecule has 0 unspecified atom stereocenters. The van der Waals surface area contributed by atoms with Gasteiger partial charge >= 0.3 is 0 Å². The molecule has 0 atom stereocenters. The molecule has 5 rings (SSSR count). The Balaban J connectivity index is 1.20. The molecule has 5 N–H and O–H groups in total. The van der Waals surface area contributed by atoms with E-state index in [-0.39, 0.29) is 41.7 Å². The molecule has 0 saturated heterocycles. The number of aromatic amines is 1. The van der Waals surface area contributed by atoms with Gasteiger partial charge in [-0.2, -0.15) is 0 Å². The van der Waals surface area contributed by atoms with Gasteiger partial charge in [0.05, 0.1) is 18.1 Å². The van der Waals surface area contributed by atoms with E-state index >= 15 is 0 Å². The standard InChI is InChI=1S/C47H57N7O9S2/c1-6-38(7-2)54(29-28-53(3)42(56)27-26-41(55)51-64(4,60)61)31-34-14-11-15-36(30-34)45(57)50-44-43(39-16-8-9-17-40(39)49-44)47(59)48-37-24-20-33(21-25-37)13-10-12-32-18-22-35(23-19-32)46(58)52-65(5,62)63/h8-9,11,14-25,30,38,49H,6-7,10,12-13,26-29,31H2,1-5H3,(H,48,59)(H,50,57)(H,51,55)(H,52,58). The number of hydrogen-bond acceptors (Lipinski definition) is 10. The molecule has 18 heteroatoms. The number of anilines is 2. The number of aryl methyl sites for hydroxylation is 2. The third-order valence-electron chi connectivity index (χ3n) is 10.9. The number of para-hydroxylation sites is 1. The van der Waals surface area contributed by atoms with E-state index in [0.29, 0.717) is 41.8 Å². The first-order valence-electron chi connectivity index (χ1n) is 21.3. The molecule has 0 fully saturated rings. The molecule has 0 spiro atoms. The van der Waals surface area contributed by atoms with Crippen molar-refractivity contribution in [3.63, 3.8) is 0 Å². The Bertz CT molecular complexity index is 2720. The summed E-state index contributed by atoms with van der Waals surface area (Å²) in [5, 5.41) is 6.55. The average molecular weight is 928 g/mol. The number of nitrogens with zero attached hydrogens (tertiary/aromatic N) is 2. The van der Waals surface area contributed by atoms with Gasteiger partial charge in [0.25, 0.3) is 17.7 Å². The molecule has 0 bridgehead atoms. The molecule has 5 aromatic rings. The summed E-state index contributed by atoms with van der Waals surface area (Å²) in [7, 11) is -5.71. The number of rotatable bonds is 22. The van der Waals surface area contributed by atoms with Gasteiger partial charge in [-0.05, 0) is 91.3 Å². The molecular formula is C47H57N7O9S2. The molecule has 0 saturated carbocycles. The summed E-state index contributed by atoms with van der Waals surface area (Å²) in [6.07, 6.45) is 5.48. The van der Waals surface area contributed by atoms with Crippen LogP contribution in [0.1, 0.15) is 93.7 Å². The van der Waals surface area contributed by atoms with Crippen LogP contribution in [0.5, 0.6) is 0 Å². The summed E-state index contributed by atoms with van der Waals surface area (Å²) in [4.78, 5) is 71.6. The number of carbonyl (C=O) groups excluding carboxylic acids is 5. The second kappa shape index (κ2) is 22.5. The van der Waals surface area contributed by atoms with Crippen LogP contribution in [-0.2, 0) is 49.0 Å². The minimum absolute atomic E-state index is 0.127. The molecule has 0 aliphatic carbocycles. The van der Waals surface area contributed by atoms with E-state index in [4.69, 9.17) is 0 Å². The van der Waals surface area contributed by atoms with E-state index < -0.39 is 43.7 Å². The second-order valence-corrected chi connectivity index (χ2v) is 19.5. The number of sulfonamides is 2. The third-order valence-corrected chi connectivity index (χ3v) is 12.0. The molecule has 1 aromatic heterocycles. The molecule has 16 nitrogen and oxygen atoms in total. The monoisotopic (exact) mass is 927 g/mol. The summed E-state index contributed by atoms with van der Waals surface area (Å²) in [6.45, 7) is 5.57. The van der Waals surface area contributed by atoms with Crippen molar-refractivity contribution in [2.45, 2.75) is 71.4 Å². The number of nitrogens with one attached hydrogen (secondary N) is 5. The van der Waals surface area contributed by atoms with Crippen LogP contribution < -0.4 is 20.1 Å². The van der Waals surface area contributed by atoms with Crippen LogP contribution in [-0.4, -0.2) is 99.8 Å². The van der Waals surface area contributed by atoms with Gasteiger partial charge in [-0.15, -0.1) is 0 Å². The van der Waals surface area contributed by atoms with Gasteiger partial charge < -0.3 is 20.5 Å². The van der Waals surface area contributed by atoms with Crippen molar-refractivity contribution in [3.05, 3.63) is 130 Å².